The minimum Gasteiger partial charge on any atom is -0.381 e. The number of aromatic nitrogens is 1. The second-order valence-electron chi connectivity index (χ2n) is 6.45. The highest BCUT2D eigenvalue weighted by Crippen LogP contribution is 2.26. The van der Waals surface area contributed by atoms with Crippen LogP contribution in [0, 0.1) is 12.8 Å². The minimum atomic E-state index is 0.129. The van der Waals surface area contributed by atoms with Crippen LogP contribution in [0.3, 0.4) is 0 Å². The van der Waals surface area contributed by atoms with Crippen LogP contribution in [-0.2, 0) is 9.53 Å². The Morgan fingerprint density at radius 3 is 2.65 bits per heavy atom. The van der Waals surface area contributed by atoms with Crippen LogP contribution >= 0.6 is 15.9 Å². The second kappa shape index (κ2) is 7.62. The van der Waals surface area contributed by atoms with Crippen molar-refractivity contribution in [3.05, 3.63) is 22.3 Å². The average Bonchev–Trinajstić information content (AvgIpc) is 2.56. The van der Waals surface area contributed by atoms with E-state index >= 15 is 0 Å². The van der Waals surface area contributed by atoms with E-state index in [-0.39, 0.29) is 11.8 Å². The van der Waals surface area contributed by atoms with Gasteiger partial charge >= 0.3 is 0 Å². The van der Waals surface area contributed by atoms with Gasteiger partial charge in [0.05, 0.1) is 0 Å². The SMILES string of the molecule is Cc1cc(Br)cnc1N1CCC(C(=O)NC2CCOCC2)CC1. The fourth-order valence-corrected chi connectivity index (χ4v) is 3.82. The van der Waals surface area contributed by atoms with E-state index in [1.54, 1.807) is 0 Å². The zero-order valence-electron chi connectivity index (χ0n) is 13.6. The monoisotopic (exact) mass is 381 g/mol. The number of halogens is 1. The van der Waals surface area contributed by atoms with Gasteiger partial charge in [0.15, 0.2) is 0 Å². The topological polar surface area (TPSA) is 54.5 Å². The summed E-state index contributed by atoms with van der Waals surface area (Å²) >= 11 is 3.45. The van der Waals surface area contributed by atoms with Crippen molar-refractivity contribution in [2.75, 3.05) is 31.2 Å². The standard InChI is InChI=1S/C17H24BrN3O2/c1-12-10-14(18)11-19-16(12)21-6-2-13(3-7-21)17(22)20-15-4-8-23-9-5-15/h10-11,13,15H,2-9H2,1H3,(H,20,22). The normalized spacial score (nSPS) is 20.5. The molecule has 0 radical (unpaired) electrons. The van der Waals surface area contributed by atoms with Gasteiger partial charge < -0.3 is 15.0 Å². The number of aryl methyl sites for hydroxylation is 1. The molecule has 2 aliphatic heterocycles. The molecule has 1 amide bonds. The van der Waals surface area contributed by atoms with Gasteiger partial charge in [0.2, 0.25) is 5.91 Å². The van der Waals surface area contributed by atoms with E-state index in [1.807, 2.05) is 6.20 Å². The van der Waals surface area contributed by atoms with E-state index in [0.29, 0.717) is 6.04 Å². The number of carbonyl (C=O) groups excluding carboxylic acids is 1. The van der Waals surface area contributed by atoms with Gasteiger partial charge in [0.1, 0.15) is 5.82 Å². The molecule has 5 nitrogen and oxygen atoms in total. The first-order valence-electron chi connectivity index (χ1n) is 8.38. The predicted octanol–water partition coefficient (Wildman–Crippen LogP) is 2.66. The first kappa shape index (κ1) is 16.7. The third-order valence-corrected chi connectivity index (χ3v) is 5.18. The van der Waals surface area contributed by atoms with Crippen molar-refractivity contribution in [2.45, 2.75) is 38.6 Å². The molecule has 0 atom stereocenters. The smallest absolute Gasteiger partial charge is 0.223 e. The number of hydrogen-bond donors (Lipinski definition) is 1. The van der Waals surface area contributed by atoms with Crippen LogP contribution in [-0.4, -0.2) is 43.2 Å². The molecule has 1 aromatic heterocycles. The molecule has 0 unspecified atom stereocenters. The van der Waals surface area contributed by atoms with Gasteiger partial charge in [-0.1, -0.05) is 0 Å². The summed E-state index contributed by atoms with van der Waals surface area (Å²) in [5, 5.41) is 3.20. The molecular formula is C17H24BrN3O2. The zero-order valence-corrected chi connectivity index (χ0v) is 15.1. The van der Waals surface area contributed by atoms with Crippen molar-refractivity contribution in [1.82, 2.24) is 10.3 Å². The molecule has 6 heteroatoms. The summed E-state index contributed by atoms with van der Waals surface area (Å²) in [6.45, 7) is 5.38. The number of ether oxygens (including phenoxy) is 1. The van der Waals surface area contributed by atoms with Crippen LogP contribution in [0.2, 0.25) is 0 Å². The minimum absolute atomic E-state index is 0.129. The number of nitrogens with one attached hydrogen (secondary N) is 1. The lowest BCUT2D eigenvalue weighted by Gasteiger charge is -2.34. The van der Waals surface area contributed by atoms with Crippen LogP contribution in [0.5, 0.6) is 0 Å². The Balaban J connectivity index is 1.52. The summed E-state index contributed by atoms with van der Waals surface area (Å²) in [6, 6.07) is 2.39. The first-order chi connectivity index (χ1) is 11.1. The molecule has 0 bridgehead atoms. The fourth-order valence-electron chi connectivity index (χ4n) is 3.38. The Hall–Kier alpha value is -1.14. The Morgan fingerprint density at radius 1 is 1.30 bits per heavy atom. The molecule has 0 spiro atoms. The van der Waals surface area contributed by atoms with Crippen molar-refractivity contribution < 1.29 is 9.53 Å². The van der Waals surface area contributed by atoms with Gasteiger partial charge in [-0.2, -0.15) is 0 Å². The molecule has 2 fully saturated rings. The Bertz CT molecular complexity index is 553. The van der Waals surface area contributed by atoms with Crippen molar-refractivity contribution in [3.63, 3.8) is 0 Å². The third-order valence-electron chi connectivity index (χ3n) is 4.75. The third kappa shape index (κ3) is 4.23. The molecule has 0 saturated carbocycles. The highest BCUT2D eigenvalue weighted by Gasteiger charge is 2.28. The number of rotatable bonds is 3. The van der Waals surface area contributed by atoms with Gasteiger partial charge in [0.25, 0.3) is 0 Å². The summed E-state index contributed by atoms with van der Waals surface area (Å²) < 4.78 is 6.35. The van der Waals surface area contributed by atoms with Gasteiger partial charge in [-0.3, -0.25) is 4.79 Å². The maximum absolute atomic E-state index is 12.4. The average molecular weight is 382 g/mol. The summed E-state index contributed by atoms with van der Waals surface area (Å²) in [5.41, 5.74) is 1.17. The van der Waals surface area contributed by atoms with Crippen LogP contribution in [0.1, 0.15) is 31.2 Å². The van der Waals surface area contributed by atoms with Crippen molar-refractivity contribution in [1.29, 1.82) is 0 Å². The number of nitrogens with zero attached hydrogens (tertiary/aromatic N) is 2. The molecule has 126 valence electrons. The second-order valence-corrected chi connectivity index (χ2v) is 7.37. The van der Waals surface area contributed by atoms with Crippen molar-refractivity contribution in [2.24, 2.45) is 5.92 Å². The molecule has 0 aromatic carbocycles. The molecule has 23 heavy (non-hydrogen) atoms. The van der Waals surface area contributed by atoms with E-state index in [9.17, 15) is 4.79 Å². The van der Waals surface area contributed by atoms with E-state index in [1.165, 1.54) is 5.56 Å². The number of pyridine rings is 1. The maximum Gasteiger partial charge on any atom is 0.223 e. The van der Waals surface area contributed by atoms with Crippen molar-refractivity contribution >= 4 is 27.7 Å². The molecule has 1 aromatic rings. The number of hydrogen-bond acceptors (Lipinski definition) is 4. The number of carbonyl (C=O) groups is 1. The van der Waals surface area contributed by atoms with E-state index in [0.717, 1.165) is 62.3 Å². The van der Waals surface area contributed by atoms with Crippen molar-refractivity contribution in [3.8, 4) is 0 Å². The molecule has 2 saturated heterocycles. The lowest BCUT2D eigenvalue weighted by Crippen LogP contribution is -2.45. The number of anilines is 1. The summed E-state index contributed by atoms with van der Waals surface area (Å²) in [6.07, 6.45) is 5.50. The molecule has 0 aliphatic carbocycles. The summed E-state index contributed by atoms with van der Waals surface area (Å²) in [4.78, 5) is 19.3. The van der Waals surface area contributed by atoms with Gasteiger partial charge in [0, 0.05) is 48.9 Å². The maximum atomic E-state index is 12.4. The van der Waals surface area contributed by atoms with Crippen LogP contribution in [0.15, 0.2) is 16.7 Å². The Labute approximate surface area is 145 Å². The largest absolute Gasteiger partial charge is 0.381 e. The van der Waals surface area contributed by atoms with Crippen LogP contribution in [0.4, 0.5) is 5.82 Å². The van der Waals surface area contributed by atoms with Gasteiger partial charge in [-0.15, -0.1) is 0 Å². The lowest BCUT2D eigenvalue weighted by atomic mass is 9.95. The Kier molecular flexibility index (Phi) is 5.54. The summed E-state index contributed by atoms with van der Waals surface area (Å²) in [7, 11) is 0. The zero-order chi connectivity index (χ0) is 16.2. The van der Waals surface area contributed by atoms with Crippen LogP contribution < -0.4 is 10.2 Å². The first-order valence-corrected chi connectivity index (χ1v) is 9.18. The Morgan fingerprint density at radius 2 is 2.00 bits per heavy atom. The highest BCUT2D eigenvalue weighted by molar-refractivity contribution is 9.10. The molecule has 3 rings (SSSR count). The van der Waals surface area contributed by atoms with E-state index in [4.69, 9.17) is 4.74 Å². The van der Waals surface area contributed by atoms with Crippen LogP contribution in [0.25, 0.3) is 0 Å². The predicted molar refractivity (Wildman–Crippen MR) is 93.6 cm³/mol. The highest BCUT2D eigenvalue weighted by atomic mass is 79.9. The lowest BCUT2D eigenvalue weighted by molar-refractivity contribution is -0.126. The van der Waals surface area contributed by atoms with Gasteiger partial charge in [-0.25, -0.2) is 4.98 Å². The van der Waals surface area contributed by atoms with E-state index < -0.39 is 0 Å². The molecule has 2 aliphatic rings. The molecule has 1 N–H and O–H groups in total. The molecule has 3 heterocycles. The fraction of sp³-hybridized carbons (Fsp3) is 0.647. The number of amides is 1. The van der Waals surface area contributed by atoms with Gasteiger partial charge in [-0.05, 0) is 60.2 Å². The van der Waals surface area contributed by atoms with E-state index in [2.05, 4.69) is 44.1 Å². The quantitative estimate of drug-likeness (QED) is 0.874. The summed E-state index contributed by atoms with van der Waals surface area (Å²) in [5.74, 6) is 1.39. The molecular weight excluding hydrogens is 358 g/mol. The number of piperidine rings is 1.